The van der Waals surface area contributed by atoms with Gasteiger partial charge in [0.25, 0.3) is 0 Å². The summed E-state index contributed by atoms with van der Waals surface area (Å²) in [4.78, 5) is 33.5. The van der Waals surface area contributed by atoms with Crippen LogP contribution < -0.4 is 0 Å². The largest absolute Gasteiger partial charge is 0.468 e. The van der Waals surface area contributed by atoms with Gasteiger partial charge in [-0.25, -0.2) is 0 Å². The molecule has 0 aromatic carbocycles. The SMILES string of the molecule is CCCCC(C=O)(C(C)=O)C(=O)OC. The van der Waals surface area contributed by atoms with E-state index in [2.05, 4.69) is 4.74 Å². The number of ether oxygens (including phenoxy) is 1. The lowest BCUT2D eigenvalue weighted by atomic mass is 9.81. The van der Waals surface area contributed by atoms with Crippen LogP contribution in [0.25, 0.3) is 0 Å². The molecule has 14 heavy (non-hydrogen) atoms. The van der Waals surface area contributed by atoms with Crippen LogP contribution >= 0.6 is 0 Å². The van der Waals surface area contributed by atoms with E-state index in [1.54, 1.807) is 0 Å². The molecule has 0 amide bonds. The molecule has 0 radical (unpaired) electrons. The van der Waals surface area contributed by atoms with Crippen molar-refractivity contribution in [2.75, 3.05) is 7.11 Å². The number of methoxy groups -OCH3 is 1. The summed E-state index contributed by atoms with van der Waals surface area (Å²) in [5, 5.41) is 0. The fourth-order valence-electron chi connectivity index (χ4n) is 1.25. The van der Waals surface area contributed by atoms with Crippen molar-refractivity contribution in [2.24, 2.45) is 5.41 Å². The maximum atomic E-state index is 11.3. The average molecular weight is 200 g/mol. The molecule has 0 aromatic heterocycles. The number of carbonyl (C=O) groups is 3. The number of hydrogen-bond acceptors (Lipinski definition) is 4. The number of carbonyl (C=O) groups excluding carboxylic acids is 3. The third kappa shape index (κ3) is 2.40. The molecule has 0 spiro atoms. The number of hydrogen-bond donors (Lipinski definition) is 0. The second-order valence-corrected chi connectivity index (χ2v) is 3.24. The molecular weight excluding hydrogens is 184 g/mol. The van der Waals surface area contributed by atoms with Gasteiger partial charge >= 0.3 is 5.97 Å². The molecule has 0 aromatic rings. The predicted molar refractivity (Wildman–Crippen MR) is 50.7 cm³/mol. The van der Waals surface area contributed by atoms with E-state index in [1.165, 1.54) is 14.0 Å². The monoisotopic (exact) mass is 200 g/mol. The Bertz CT molecular complexity index is 234. The first-order valence-electron chi connectivity index (χ1n) is 4.61. The smallest absolute Gasteiger partial charge is 0.326 e. The molecule has 1 unspecified atom stereocenters. The Hall–Kier alpha value is -1.19. The third-order valence-corrected chi connectivity index (χ3v) is 2.30. The number of unbranched alkanes of at least 4 members (excludes halogenated alkanes) is 1. The number of aldehydes is 1. The molecule has 0 saturated heterocycles. The molecule has 0 heterocycles. The summed E-state index contributed by atoms with van der Waals surface area (Å²) in [6.07, 6.45) is 2.10. The summed E-state index contributed by atoms with van der Waals surface area (Å²) >= 11 is 0. The van der Waals surface area contributed by atoms with E-state index in [-0.39, 0.29) is 6.42 Å². The topological polar surface area (TPSA) is 60.4 Å². The van der Waals surface area contributed by atoms with Crippen molar-refractivity contribution in [3.8, 4) is 0 Å². The third-order valence-electron chi connectivity index (χ3n) is 2.30. The molecule has 0 aliphatic carbocycles. The van der Waals surface area contributed by atoms with Gasteiger partial charge in [0, 0.05) is 0 Å². The van der Waals surface area contributed by atoms with Crippen LogP contribution in [-0.4, -0.2) is 25.1 Å². The molecule has 0 aliphatic rings. The Morgan fingerprint density at radius 1 is 1.43 bits per heavy atom. The van der Waals surface area contributed by atoms with Gasteiger partial charge in [-0.2, -0.15) is 0 Å². The van der Waals surface area contributed by atoms with Crippen LogP contribution in [0.4, 0.5) is 0 Å². The highest BCUT2D eigenvalue weighted by molar-refractivity contribution is 6.15. The Kier molecular flexibility index (Phi) is 5.05. The van der Waals surface area contributed by atoms with E-state index in [0.717, 1.165) is 6.42 Å². The van der Waals surface area contributed by atoms with Crippen molar-refractivity contribution in [2.45, 2.75) is 33.1 Å². The Labute approximate surface area is 83.6 Å². The second-order valence-electron chi connectivity index (χ2n) is 3.24. The minimum absolute atomic E-state index is 0.231. The average Bonchev–Trinajstić information content (AvgIpc) is 2.18. The van der Waals surface area contributed by atoms with E-state index in [1.807, 2.05) is 6.92 Å². The fourth-order valence-corrected chi connectivity index (χ4v) is 1.25. The van der Waals surface area contributed by atoms with Gasteiger partial charge in [0.2, 0.25) is 0 Å². The highest BCUT2D eigenvalue weighted by Crippen LogP contribution is 2.25. The van der Waals surface area contributed by atoms with Crippen molar-refractivity contribution in [3.05, 3.63) is 0 Å². The maximum absolute atomic E-state index is 11.3. The summed E-state index contributed by atoms with van der Waals surface area (Å²) < 4.78 is 4.47. The summed E-state index contributed by atoms with van der Waals surface area (Å²) in [6.45, 7) is 3.16. The van der Waals surface area contributed by atoms with Crippen molar-refractivity contribution < 1.29 is 19.1 Å². The first kappa shape index (κ1) is 12.8. The molecule has 0 aliphatic heterocycles. The van der Waals surface area contributed by atoms with E-state index < -0.39 is 17.2 Å². The first-order valence-corrected chi connectivity index (χ1v) is 4.61. The Morgan fingerprint density at radius 2 is 2.00 bits per heavy atom. The summed E-state index contributed by atoms with van der Waals surface area (Å²) in [5.74, 6) is -1.21. The molecule has 1 atom stereocenters. The van der Waals surface area contributed by atoms with Gasteiger partial charge in [-0.3, -0.25) is 9.59 Å². The molecule has 0 bridgehead atoms. The Balaban J connectivity index is 4.88. The zero-order valence-corrected chi connectivity index (χ0v) is 8.83. The van der Waals surface area contributed by atoms with Gasteiger partial charge in [0.15, 0.2) is 11.2 Å². The highest BCUT2D eigenvalue weighted by Gasteiger charge is 2.43. The van der Waals surface area contributed by atoms with Crippen molar-refractivity contribution in [1.29, 1.82) is 0 Å². The van der Waals surface area contributed by atoms with Crippen LogP contribution in [0.1, 0.15) is 33.1 Å². The minimum atomic E-state index is -1.58. The molecule has 4 nitrogen and oxygen atoms in total. The van der Waals surface area contributed by atoms with Crippen molar-refractivity contribution in [1.82, 2.24) is 0 Å². The van der Waals surface area contributed by atoms with Crippen LogP contribution in [0.3, 0.4) is 0 Å². The minimum Gasteiger partial charge on any atom is -0.468 e. The highest BCUT2D eigenvalue weighted by atomic mass is 16.5. The number of esters is 1. The van der Waals surface area contributed by atoms with Crippen LogP contribution in [-0.2, 0) is 19.1 Å². The van der Waals surface area contributed by atoms with Crippen LogP contribution in [0.5, 0.6) is 0 Å². The van der Waals surface area contributed by atoms with Gasteiger partial charge < -0.3 is 9.53 Å². The zero-order chi connectivity index (χ0) is 11.2. The van der Waals surface area contributed by atoms with Crippen LogP contribution in [0.2, 0.25) is 0 Å². The Morgan fingerprint density at radius 3 is 2.29 bits per heavy atom. The molecule has 0 saturated carbocycles. The van der Waals surface area contributed by atoms with Crippen LogP contribution in [0.15, 0.2) is 0 Å². The fraction of sp³-hybridized carbons (Fsp3) is 0.700. The maximum Gasteiger partial charge on any atom is 0.326 e. The second kappa shape index (κ2) is 5.52. The zero-order valence-electron chi connectivity index (χ0n) is 8.83. The molecular formula is C10H16O4. The number of Topliss-reactive ketones (excluding diaryl/α,β-unsaturated/α-hetero) is 1. The van der Waals surface area contributed by atoms with Gasteiger partial charge in [-0.05, 0) is 13.3 Å². The lowest BCUT2D eigenvalue weighted by Crippen LogP contribution is -2.40. The molecule has 0 N–H and O–H groups in total. The van der Waals surface area contributed by atoms with Crippen LogP contribution in [0, 0.1) is 5.41 Å². The van der Waals surface area contributed by atoms with Gasteiger partial charge in [0.05, 0.1) is 7.11 Å². The summed E-state index contributed by atoms with van der Waals surface area (Å²) in [7, 11) is 1.18. The quantitative estimate of drug-likeness (QED) is 0.366. The molecule has 4 heteroatoms. The first-order chi connectivity index (χ1) is 6.55. The number of ketones is 1. The van der Waals surface area contributed by atoms with Gasteiger partial charge in [-0.1, -0.05) is 19.8 Å². The van der Waals surface area contributed by atoms with Gasteiger partial charge in [0.1, 0.15) is 6.29 Å². The van der Waals surface area contributed by atoms with E-state index in [9.17, 15) is 14.4 Å². The standard InChI is InChI=1S/C10H16O4/c1-4-5-6-10(7-11,8(2)12)9(13)14-3/h7H,4-6H2,1-3H3. The molecule has 80 valence electrons. The summed E-state index contributed by atoms with van der Waals surface area (Å²) in [5.41, 5.74) is -1.58. The number of rotatable bonds is 6. The predicted octanol–water partition coefficient (Wildman–Crippen LogP) is 1.12. The van der Waals surface area contributed by atoms with Crippen molar-refractivity contribution >= 4 is 18.0 Å². The normalized spacial score (nSPS) is 14.2. The van der Waals surface area contributed by atoms with E-state index in [4.69, 9.17) is 0 Å². The lowest BCUT2D eigenvalue weighted by Gasteiger charge is -2.21. The van der Waals surface area contributed by atoms with Crippen molar-refractivity contribution in [3.63, 3.8) is 0 Å². The molecule has 0 rings (SSSR count). The lowest BCUT2D eigenvalue weighted by molar-refractivity contribution is -0.159. The van der Waals surface area contributed by atoms with Gasteiger partial charge in [-0.15, -0.1) is 0 Å². The molecule has 0 fully saturated rings. The van der Waals surface area contributed by atoms with E-state index in [0.29, 0.717) is 12.7 Å². The summed E-state index contributed by atoms with van der Waals surface area (Å²) in [6, 6.07) is 0. The van der Waals surface area contributed by atoms with E-state index >= 15 is 0 Å².